The number of piperidine rings is 1. The summed E-state index contributed by atoms with van der Waals surface area (Å²) >= 11 is 0. The monoisotopic (exact) mass is 342 g/mol. The van der Waals surface area contributed by atoms with Crippen LogP contribution in [0.2, 0.25) is 0 Å². The van der Waals surface area contributed by atoms with Gasteiger partial charge in [0.05, 0.1) is 24.2 Å². The molecule has 1 aromatic carbocycles. The summed E-state index contributed by atoms with van der Waals surface area (Å²) in [7, 11) is 1.73. The minimum Gasteiger partial charge on any atom is -0.384 e. The maximum absolute atomic E-state index is 12.9. The summed E-state index contributed by atoms with van der Waals surface area (Å²) in [4.78, 5) is 17.0. The number of aryl methyl sites for hydroxylation is 1. The van der Waals surface area contributed by atoms with E-state index in [0.717, 1.165) is 37.2 Å². The van der Waals surface area contributed by atoms with Crippen molar-refractivity contribution < 1.29 is 9.53 Å². The number of imidazole rings is 1. The summed E-state index contributed by atoms with van der Waals surface area (Å²) in [6, 6.07) is 5.89. The number of benzene rings is 1. The maximum Gasteiger partial charge on any atom is 0.253 e. The molecule has 3 rings (SSSR count). The van der Waals surface area contributed by atoms with Gasteiger partial charge in [0.2, 0.25) is 0 Å². The summed E-state index contributed by atoms with van der Waals surface area (Å²) in [5, 5.41) is 6.52. The highest BCUT2D eigenvalue weighted by Gasteiger charge is 2.32. The minimum atomic E-state index is -0.0542. The normalized spacial score (nSPS) is 16.6. The number of hydrogen-bond acceptors (Lipinski definition) is 4. The Labute approximate surface area is 148 Å². The lowest BCUT2D eigenvalue weighted by Gasteiger charge is -2.37. The zero-order valence-electron chi connectivity index (χ0n) is 14.9. The topological polar surface area (TPSA) is 68.2 Å². The fraction of sp³-hybridized carbons (Fsp3) is 0.474. The molecule has 0 bridgehead atoms. The van der Waals surface area contributed by atoms with Crippen LogP contribution in [-0.2, 0) is 4.74 Å². The van der Waals surface area contributed by atoms with E-state index in [2.05, 4.69) is 15.6 Å². The molecule has 25 heavy (non-hydrogen) atoms. The standard InChI is InChI=1S/C19H26N4O2/c1-15-3-4-17(23-10-9-21-14-23)16(11-15)18(24)22-12-19(13-25-2)5-7-20-8-6-19/h3-4,9-11,14,20H,5-8,12-13H2,1-2H3,(H,22,24). The van der Waals surface area contributed by atoms with E-state index in [0.29, 0.717) is 18.7 Å². The quantitative estimate of drug-likeness (QED) is 0.842. The summed E-state index contributed by atoms with van der Waals surface area (Å²) in [5.74, 6) is -0.0542. The van der Waals surface area contributed by atoms with E-state index in [4.69, 9.17) is 4.74 Å². The molecule has 1 saturated heterocycles. The molecule has 0 unspecified atom stereocenters. The smallest absolute Gasteiger partial charge is 0.253 e. The van der Waals surface area contributed by atoms with Gasteiger partial charge in [-0.25, -0.2) is 4.98 Å². The third kappa shape index (κ3) is 4.08. The summed E-state index contributed by atoms with van der Waals surface area (Å²) in [6.45, 7) is 5.21. The Kier molecular flexibility index (Phi) is 5.50. The third-order valence-corrected chi connectivity index (χ3v) is 4.92. The predicted octanol–water partition coefficient (Wildman–Crippen LogP) is 1.93. The molecule has 0 aliphatic carbocycles. The number of amides is 1. The molecule has 1 aromatic heterocycles. The van der Waals surface area contributed by atoms with Gasteiger partial charge < -0.3 is 19.9 Å². The van der Waals surface area contributed by atoms with Gasteiger partial charge in [-0.3, -0.25) is 4.79 Å². The van der Waals surface area contributed by atoms with Crippen molar-refractivity contribution in [3.63, 3.8) is 0 Å². The van der Waals surface area contributed by atoms with Gasteiger partial charge in [0, 0.05) is 31.5 Å². The van der Waals surface area contributed by atoms with E-state index in [9.17, 15) is 4.79 Å². The number of carbonyl (C=O) groups is 1. The lowest BCUT2D eigenvalue weighted by atomic mass is 9.79. The first-order valence-electron chi connectivity index (χ1n) is 8.70. The van der Waals surface area contributed by atoms with Crippen LogP contribution in [0.1, 0.15) is 28.8 Å². The molecule has 0 spiro atoms. The Morgan fingerprint density at radius 2 is 2.20 bits per heavy atom. The number of ether oxygens (including phenoxy) is 1. The molecule has 1 aliphatic heterocycles. The van der Waals surface area contributed by atoms with E-state index in [1.54, 1.807) is 19.6 Å². The summed E-state index contributed by atoms with van der Waals surface area (Å²) in [6.07, 6.45) is 7.28. The van der Waals surface area contributed by atoms with Crippen LogP contribution >= 0.6 is 0 Å². The van der Waals surface area contributed by atoms with Crippen molar-refractivity contribution >= 4 is 5.91 Å². The van der Waals surface area contributed by atoms with Crippen molar-refractivity contribution in [1.29, 1.82) is 0 Å². The second-order valence-corrected chi connectivity index (χ2v) is 6.86. The predicted molar refractivity (Wildman–Crippen MR) is 97.0 cm³/mol. The number of hydrogen-bond donors (Lipinski definition) is 2. The van der Waals surface area contributed by atoms with E-state index in [1.165, 1.54) is 0 Å². The number of carbonyl (C=O) groups excluding carboxylic acids is 1. The largest absolute Gasteiger partial charge is 0.384 e. The van der Waals surface area contributed by atoms with Gasteiger partial charge in [-0.05, 0) is 45.0 Å². The van der Waals surface area contributed by atoms with Crippen molar-refractivity contribution in [2.24, 2.45) is 5.41 Å². The molecule has 6 nitrogen and oxygen atoms in total. The first kappa shape index (κ1) is 17.6. The molecule has 1 aliphatic rings. The molecule has 0 radical (unpaired) electrons. The summed E-state index contributed by atoms with van der Waals surface area (Å²) in [5.41, 5.74) is 2.57. The highest BCUT2D eigenvalue weighted by atomic mass is 16.5. The van der Waals surface area contributed by atoms with Gasteiger partial charge in [0.25, 0.3) is 5.91 Å². The molecule has 0 atom stereocenters. The van der Waals surface area contributed by atoms with Crippen LogP contribution < -0.4 is 10.6 Å². The van der Waals surface area contributed by atoms with E-state index in [-0.39, 0.29) is 11.3 Å². The lowest BCUT2D eigenvalue weighted by molar-refractivity contribution is 0.0511. The lowest BCUT2D eigenvalue weighted by Crippen LogP contribution is -2.47. The number of nitrogens with zero attached hydrogens (tertiary/aromatic N) is 2. The van der Waals surface area contributed by atoms with Crippen LogP contribution in [0.5, 0.6) is 0 Å². The van der Waals surface area contributed by atoms with Crippen LogP contribution in [0.3, 0.4) is 0 Å². The average molecular weight is 342 g/mol. The van der Waals surface area contributed by atoms with E-state index < -0.39 is 0 Å². The Morgan fingerprint density at radius 3 is 2.88 bits per heavy atom. The number of aromatic nitrogens is 2. The fourth-order valence-corrected chi connectivity index (χ4v) is 3.46. The molecule has 1 amide bonds. The van der Waals surface area contributed by atoms with Crippen LogP contribution in [0.4, 0.5) is 0 Å². The molecule has 2 aromatic rings. The van der Waals surface area contributed by atoms with Crippen molar-refractivity contribution in [3.05, 3.63) is 48.0 Å². The second-order valence-electron chi connectivity index (χ2n) is 6.86. The first-order valence-corrected chi connectivity index (χ1v) is 8.70. The van der Waals surface area contributed by atoms with Gasteiger partial charge in [0.1, 0.15) is 0 Å². The zero-order valence-corrected chi connectivity index (χ0v) is 14.9. The number of nitrogens with one attached hydrogen (secondary N) is 2. The molecule has 134 valence electrons. The van der Waals surface area contributed by atoms with E-state index in [1.807, 2.05) is 35.9 Å². The molecule has 1 fully saturated rings. The van der Waals surface area contributed by atoms with Crippen LogP contribution in [0, 0.1) is 12.3 Å². The Hall–Kier alpha value is -2.18. The van der Waals surface area contributed by atoms with Crippen molar-refractivity contribution in [3.8, 4) is 5.69 Å². The number of rotatable bonds is 6. The van der Waals surface area contributed by atoms with Gasteiger partial charge in [-0.2, -0.15) is 0 Å². The van der Waals surface area contributed by atoms with Crippen LogP contribution in [0.25, 0.3) is 5.69 Å². The minimum absolute atomic E-state index is 0.00858. The molecule has 2 N–H and O–H groups in total. The molecule has 6 heteroatoms. The fourth-order valence-electron chi connectivity index (χ4n) is 3.46. The average Bonchev–Trinajstić information content (AvgIpc) is 3.15. The third-order valence-electron chi connectivity index (χ3n) is 4.92. The molecule has 0 saturated carbocycles. The van der Waals surface area contributed by atoms with Crippen molar-refractivity contribution in [1.82, 2.24) is 20.2 Å². The highest BCUT2D eigenvalue weighted by molar-refractivity contribution is 5.98. The van der Waals surface area contributed by atoms with Crippen molar-refractivity contribution in [2.45, 2.75) is 19.8 Å². The van der Waals surface area contributed by atoms with Gasteiger partial charge in [-0.1, -0.05) is 11.6 Å². The molecule has 2 heterocycles. The first-order chi connectivity index (χ1) is 12.1. The van der Waals surface area contributed by atoms with Gasteiger partial charge in [-0.15, -0.1) is 0 Å². The van der Waals surface area contributed by atoms with Crippen LogP contribution in [-0.4, -0.2) is 48.8 Å². The van der Waals surface area contributed by atoms with Crippen molar-refractivity contribution in [2.75, 3.05) is 33.4 Å². The zero-order chi connectivity index (χ0) is 17.7. The van der Waals surface area contributed by atoms with Gasteiger partial charge in [0.15, 0.2) is 0 Å². The summed E-state index contributed by atoms with van der Waals surface area (Å²) < 4.78 is 7.30. The van der Waals surface area contributed by atoms with Gasteiger partial charge >= 0.3 is 0 Å². The highest BCUT2D eigenvalue weighted by Crippen LogP contribution is 2.28. The Balaban J connectivity index is 1.78. The van der Waals surface area contributed by atoms with E-state index >= 15 is 0 Å². The number of methoxy groups -OCH3 is 1. The molecular formula is C19H26N4O2. The van der Waals surface area contributed by atoms with Crippen LogP contribution in [0.15, 0.2) is 36.9 Å². The Bertz CT molecular complexity index is 701. The Morgan fingerprint density at radius 1 is 1.40 bits per heavy atom. The maximum atomic E-state index is 12.9. The molecular weight excluding hydrogens is 316 g/mol. The SMILES string of the molecule is COCC1(CNC(=O)c2cc(C)ccc2-n2ccnc2)CCNCC1. The second kappa shape index (κ2) is 7.80.